The van der Waals surface area contributed by atoms with Crippen LogP contribution in [0.3, 0.4) is 0 Å². The Hall–Kier alpha value is -2.42. The van der Waals surface area contributed by atoms with Gasteiger partial charge in [0.1, 0.15) is 5.65 Å². The third-order valence-electron chi connectivity index (χ3n) is 4.88. The molecule has 5 nitrogen and oxygen atoms in total. The van der Waals surface area contributed by atoms with Crippen LogP contribution in [-0.2, 0) is 6.18 Å². The standard InChI is InChI=1S/C19H16BrF3N4O/c20-15-7-6-12(9-14(15)19(21,22)23)25-18-24-10-11-5-8-16(28)27(17(11)26-18)13-3-1-2-4-13/h5-10,13H,1-4H2,(H,24,25,26). The summed E-state index contributed by atoms with van der Waals surface area (Å²) in [7, 11) is 0. The highest BCUT2D eigenvalue weighted by Crippen LogP contribution is 2.37. The topological polar surface area (TPSA) is 59.8 Å². The predicted molar refractivity (Wildman–Crippen MR) is 104 cm³/mol. The highest BCUT2D eigenvalue weighted by Gasteiger charge is 2.33. The molecule has 0 saturated heterocycles. The van der Waals surface area contributed by atoms with E-state index >= 15 is 0 Å². The fourth-order valence-electron chi connectivity index (χ4n) is 3.56. The van der Waals surface area contributed by atoms with Crippen molar-refractivity contribution in [2.24, 2.45) is 0 Å². The van der Waals surface area contributed by atoms with Crippen LogP contribution < -0.4 is 10.9 Å². The van der Waals surface area contributed by atoms with Gasteiger partial charge in [0, 0.05) is 33.9 Å². The number of aromatic nitrogens is 3. The molecule has 1 fully saturated rings. The van der Waals surface area contributed by atoms with Crippen LogP contribution >= 0.6 is 15.9 Å². The number of nitrogens with zero attached hydrogens (tertiary/aromatic N) is 3. The number of alkyl halides is 3. The second kappa shape index (κ2) is 7.20. The molecule has 1 aromatic carbocycles. The smallest absolute Gasteiger partial charge is 0.324 e. The van der Waals surface area contributed by atoms with Crippen molar-refractivity contribution in [3.05, 3.63) is 56.9 Å². The van der Waals surface area contributed by atoms with Gasteiger partial charge in [-0.3, -0.25) is 9.36 Å². The van der Waals surface area contributed by atoms with Crippen LogP contribution in [0, 0.1) is 0 Å². The van der Waals surface area contributed by atoms with E-state index in [1.165, 1.54) is 18.2 Å². The molecule has 0 bridgehead atoms. The third kappa shape index (κ3) is 3.63. The van der Waals surface area contributed by atoms with Crippen molar-refractivity contribution in [3.63, 3.8) is 0 Å². The molecular formula is C19H16BrF3N4O. The monoisotopic (exact) mass is 452 g/mol. The summed E-state index contributed by atoms with van der Waals surface area (Å²) in [6.45, 7) is 0. The number of benzene rings is 1. The molecule has 0 unspecified atom stereocenters. The summed E-state index contributed by atoms with van der Waals surface area (Å²) in [6, 6.07) is 7.06. The maximum atomic E-state index is 13.1. The van der Waals surface area contributed by atoms with E-state index in [1.807, 2.05) is 0 Å². The predicted octanol–water partition coefficient (Wildman–Crippen LogP) is 5.43. The summed E-state index contributed by atoms with van der Waals surface area (Å²) in [4.78, 5) is 21.1. The zero-order valence-corrected chi connectivity index (χ0v) is 16.2. The molecule has 0 amide bonds. The molecule has 9 heteroatoms. The molecule has 4 rings (SSSR count). The van der Waals surface area contributed by atoms with E-state index < -0.39 is 11.7 Å². The lowest BCUT2D eigenvalue weighted by atomic mass is 10.2. The average molecular weight is 453 g/mol. The lowest BCUT2D eigenvalue weighted by Gasteiger charge is -2.16. The van der Waals surface area contributed by atoms with E-state index in [-0.39, 0.29) is 27.7 Å². The molecule has 0 aliphatic heterocycles. The molecule has 28 heavy (non-hydrogen) atoms. The van der Waals surface area contributed by atoms with Gasteiger partial charge in [-0.2, -0.15) is 18.2 Å². The Balaban J connectivity index is 1.74. The lowest BCUT2D eigenvalue weighted by Crippen LogP contribution is -2.23. The first-order valence-electron chi connectivity index (χ1n) is 8.85. The molecule has 1 aliphatic carbocycles. The van der Waals surface area contributed by atoms with E-state index in [0.717, 1.165) is 31.7 Å². The van der Waals surface area contributed by atoms with E-state index in [4.69, 9.17) is 0 Å². The van der Waals surface area contributed by atoms with Gasteiger partial charge >= 0.3 is 6.18 Å². The van der Waals surface area contributed by atoms with Crippen LogP contribution in [0.4, 0.5) is 24.8 Å². The Morgan fingerprint density at radius 3 is 2.61 bits per heavy atom. The Morgan fingerprint density at radius 1 is 1.14 bits per heavy atom. The van der Waals surface area contributed by atoms with Crippen molar-refractivity contribution in [2.75, 3.05) is 5.32 Å². The molecule has 2 heterocycles. The number of nitrogens with one attached hydrogen (secondary N) is 1. The van der Waals surface area contributed by atoms with E-state index in [9.17, 15) is 18.0 Å². The normalized spacial score (nSPS) is 15.3. The SMILES string of the molecule is O=c1ccc2cnc(Nc3ccc(Br)c(C(F)(F)F)c3)nc2n1C1CCCC1. The second-order valence-electron chi connectivity index (χ2n) is 6.77. The molecular weight excluding hydrogens is 437 g/mol. The van der Waals surface area contributed by atoms with Crippen LogP contribution in [0.1, 0.15) is 37.3 Å². The minimum Gasteiger partial charge on any atom is -0.324 e. The van der Waals surface area contributed by atoms with E-state index in [1.54, 1.807) is 16.8 Å². The van der Waals surface area contributed by atoms with Crippen molar-refractivity contribution in [2.45, 2.75) is 37.9 Å². The van der Waals surface area contributed by atoms with Gasteiger partial charge < -0.3 is 5.32 Å². The Morgan fingerprint density at radius 2 is 1.89 bits per heavy atom. The number of anilines is 2. The first-order valence-corrected chi connectivity index (χ1v) is 9.64. The van der Waals surface area contributed by atoms with Crippen LogP contribution in [0.25, 0.3) is 11.0 Å². The van der Waals surface area contributed by atoms with Crippen molar-refractivity contribution in [1.82, 2.24) is 14.5 Å². The summed E-state index contributed by atoms with van der Waals surface area (Å²) < 4.78 is 41.0. The highest BCUT2D eigenvalue weighted by molar-refractivity contribution is 9.10. The van der Waals surface area contributed by atoms with Gasteiger partial charge in [-0.1, -0.05) is 28.8 Å². The van der Waals surface area contributed by atoms with E-state index in [0.29, 0.717) is 11.0 Å². The quantitative estimate of drug-likeness (QED) is 0.575. The van der Waals surface area contributed by atoms with Crippen molar-refractivity contribution in [3.8, 4) is 0 Å². The molecule has 3 aromatic rings. The van der Waals surface area contributed by atoms with Gasteiger partial charge in [0.15, 0.2) is 0 Å². The fraction of sp³-hybridized carbons (Fsp3) is 0.316. The zero-order chi connectivity index (χ0) is 19.9. The summed E-state index contributed by atoms with van der Waals surface area (Å²) >= 11 is 2.92. The molecule has 1 saturated carbocycles. The van der Waals surface area contributed by atoms with Crippen LogP contribution in [0.2, 0.25) is 0 Å². The van der Waals surface area contributed by atoms with Crippen LogP contribution in [-0.4, -0.2) is 14.5 Å². The minimum absolute atomic E-state index is 0.0416. The molecule has 0 radical (unpaired) electrons. The van der Waals surface area contributed by atoms with E-state index in [2.05, 4.69) is 31.2 Å². The largest absolute Gasteiger partial charge is 0.417 e. The fourth-order valence-corrected chi connectivity index (χ4v) is 4.03. The number of halogens is 4. The van der Waals surface area contributed by atoms with Crippen molar-refractivity contribution >= 4 is 38.6 Å². The number of hydrogen-bond donors (Lipinski definition) is 1. The average Bonchev–Trinajstić information content (AvgIpc) is 3.16. The van der Waals surface area contributed by atoms with Crippen LogP contribution in [0.5, 0.6) is 0 Å². The third-order valence-corrected chi connectivity index (χ3v) is 5.58. The summed E-state index contributed by atoms with van der Waals surface area (Å²) in [5.41, 5.74) is -0.223. The van der Waals surface area contributed by atoms with Gasteiger partial charge in [0.25, 0.3) is 5.56 Å². The Labute approximate surface area is 166 Å². The summed E-state index contributed by atoms with van der Waals surface area (Å²) in [5, 5.41) is 3.53. The molecule has 1 N–H and O–H groups in total. The number of pyridine rings is 1. The molecule has 1 aliphatic rings. The number of hydrogen-bond acceptors (Lipinski definition) is 4. The van der Waals surface area contributed by atoms with Crippen molar-refractivity contribution < 1.29 is 13.2 Å². The van der Waals surface area contributed by atoms with Gasteiger partial charge in [0.05, 0.1) is 5.56 Å². The van der Waals surface area contributed by atoms with Gasteiger partial charge in [-0.25, -0.2) is 4.98 Å². The Kier molecular flexibility index (Phi) is 4.86. The highest BCUT2D eigenvalue weighted by atomic mass is 79.9. The van der Waals surface area contributed by atoms with Gasteiger partial charge in [-0.15, -0.1) is 0 Å². The molecule has 0 atom stereocenters. The summed E-state index contributed by atoms with van der Waals surface area (Å²) in [6.07, 6.45) is 1.02. The molecule has 0 spiro atoms. The first kappa shape index (κ1) is 18.9. The first-order chi connectivity index (χ1) is 13.3. The van der Waals surface area contributed by atoms with Crippen LogP contribution in [0.15, 0.2) is 45.8 Å². The maximum absolute atomic E-state index is 13.1. The minimum atomic E-state index is -4.48. The maximum Gasteiger partial charge on any atom is 0.417 e. The Bertz CT molecular complexity index is 1090. The second-order valence-corrected chi connectivity index (χ2v) is 7.62. The molecule has 2 aromatic heterocycles. The number of fused-ring (bicyclic) bond motifs is 1. The molecule has 146 valence electrons. The summed E-state index contributed by atoms with van der Waals surface area (Å²) in [5.74, 6) is 0.139. The zero-order valence-electron chi connectivity index (χ0n) is 14.6. The number of rotatable bonds is 3. The van der Waals surface area contributed by atoms with Gasteiger partial charge in [0.2, 0.25) is 5.95 Å². The lowest BCUT2D eigenvalue weighted by molar-refractivity contribution is -0.138. The van der Waals surface area contributed by atoms with Crippen molar-refractivity contribution in [1.29, 1.82) is 0 Å². The van der Waals surface area contributed by atoms with Gasteiger partial charge in [-0.05, 0) is 37.1 Å².